The Balaban J connectivity index is 1.24. The van der Waals surface area contributed by atoms with Crippen molar-refractivity contribution in [3.05, 3.63) is 0 Å². The van der Waals surface area contributed by atoms with Gasteiger partial charge >= 0.3 is 0 Å². The highest BCUT2D eigenvalue weighted by molar-refractivity contribution is 4.97. The molecular formula is C24H45N3. The van der Waals surface area contributed by atoms with E-state index >= 15 is 0 Å². The van der Waals surface area contributed by atoms with E-state index in [-0.39, 0.29) is 0 Å². The van der Waals surface area contributed by atoms with Crippen LogP contribution < -0.4 is 10.6 Å². The molecule has 3 saturated carbocycles. The third kappa shape index (κ3) is 4.73. The molecule has 27 heavy (non-hydrogen) atoms. The van der Waals surface area contributed by atoms with Crippen LogP contribution in [0.2, 0.25) is 0 Å². The summed E-state index contributed by atoms with van der Waals surface area (Å²) in [6.45, 7) is 12.6. The van der Waals surface area contributed by atoms with Crippen LogP contribution in [0, 0.1) is 29.6 Å². The molecule has 0 aromatic rings. The first-order valence-electron chi connectivity index (χ1n) is 12.3. The first kappa shape index (κ1) is 20.2. The molecular weight excluding hydrogens is 330 g/mol. The highest BCUT2D eigenvalue weighted by Gasteiger charge is 2.39. The van der Waals surface area contributed by atoms with Crippen LogP contribution in [0.5, 0.6) is 0 Å². The molecule has 7 unspecified atom stereocenters. The average molecular weight is 376 g/mol. The summed E-state index contributed by atoms with van der Waals surface area (Å²) in [5.41, 5.74) is 0. The molecule has 0 bridgehead atoms. The Kier molecular flexibility index (Phi) is 6.82. The summed E-state index contributed by atoms with van der Waals surface area (Å²) in [4.78, 5) is 2.90. The van der Waals surface area contributed by atoms with E-state index in [9.17, 15) is 0 Å². The molecule has 1 heterocycles. The monoisotopic (exact) mass is 375 g/mol. The molecule has 0 spiro atoms. The third-order valence-electron chi connectivity index (χ3n) is 8.90. The Morgan fingerprint density at radius 1 is 1.00 bits per heavy atom. The molecule has 4 fully saturated rings. The topological polar surface area (TPSA) is 27.3 Å². The van der Waals surface area contributed by atoms with E-state index in [0.29, 0.717) is 0 Å². The standard InChI is InChI=1S/C24H45N3/c1-17-6-4-9-23-24(17)27(13-12-25-23)16-21-10-11-22(14-18(21)2)26-15-19(3)20-7-5-8-20/h17-26H,4-16H2,1-3H3. The maximum Gasteiger partial charge on any atom is 0.0275 e. The fourth-order valence-corrected chi connectivity index (χ4v) is 6.74. The van der Waals surface area contributed by atoms with Crippen molar-refractivity contribution in [2.75, 3.05) is 26.2 Å². The molecule has 1 saturated heterocycles. The lowest BCUT2D eigenvalue weighted by Crippen LogP contribution is -2.62. The maximum atomic E-state index is 3.95. The summed E-state index contributed by atoms with van der Waals surface area (Å²) in [6, 6.07) is 2.35. The number of nitrogens with zero attached hydrogens (tertiary/aromatic N) is 1. The number of nitrogens with one attached hydrogen (secondary N) is 2. The molecule has 7 atom stereocenters. The largest absolute Gasteiger partial charge is 0.314 e. The third-order valence-corrected chi connectivity index (χ3v) is 8.90. The van der Waals surface area contributed by atoms with Crippen LogP contribution in [0.1, 0.15) is 78.6 Å². The Morgan fingerprint density at radius 2 is 1.81 bits per heavy atom. The van der Waals surface area contributed by atoms with Crippen molar-refractivity contribution in [2.24, 2.45) is 29.6 Å². The van der Waals surface area contributed by atoms with Crippen molar-refractivity contribution in [1.29, 1.82) is 0 Å². The molecule has 0 aromatic heterocycles. The number of rotatable bonds is 6. The Labute approximate surface area is 168 Å². The van der Waals surface area contributed by atoms with E-state index in [2.05, 4.69) is 36.3 Å². The first-order chi connectivity index (χ1) is 13.1. The van der Waals surface area contributed by atoms with E-state index < -0.39 is 0 Å². The van der Waals surface area contributed by atoms with Crippen molar-refractivity contribution in [1.82, 2.24) is 15.5 Å². The van der Waals surface area contributed by atoms with Crippen LogP contribution in [0.15, 0.2) is 0 Å². The van der Waals surface area contributed by atoms with Gasteiger partial charge in [0.25, 0.3) is 0 Å². The highest BCUT2D eigenvalue weighted by Crippen LogP contribution is 2.36. The lowest BCUT2D eigenvalue weighted by molar-refractivity contribution is 0.0238. The normalized spacial score (nSPS) is 42.3. The van der Waals surface area contributed by atoms with E-state index in [4.69, 9.17) is 0 Å². The number of fused-ring (bicyclic) bond motifs is 1. The van der Waals surface area contributed by atoms with Gasteiger partial charge in [-0.25, -0.2) is 0 Å². The summed E-state index contributed by atoms with van der Waals surface area (Å²) < 4.78 is 0. The molecule has 0 amide bonds. The Morgan fingerprint density at radius 3 is 2.56 bits per heavy atom. The lowest BCUT2D eigenvalue weighted by atomic mass is 9.75. The van der Waals surface area contributed by atoms with Crippen LogP contribution in [0.4, 0.5) is 0 Å². The second kappa shape index (κ2) is 9.13. The zero-order valence-electron chi connectivity index (χ0n) is 18.3. The SMILES string of the molecule is CC(CNC1CCC(CN2CCNC3CCCC(C)C32)C(C)C1)C1CCC1. The van der Waals surface area contributed by atoms with Crippen molar-refractivity contribution in [3.8, 4) is 0 Å². The smallest absolute Gasteiger partial charge is 0.0275 e. The van der Waals surface area contributed by atoms with Gasteiger partial charge in [-0.15, -0.1) is 0 Å². The van der Waals surface area contributed by atoms with E-state index in [1.165, 1.54) is 84.0 Å². The number of hydrogen-bond acceptors (Lipinski definition) is 3. The maximum absolute atomic E-state index is 3.95. The van der Waals surface area contributed by atoms with Crippen molar-refractivity contribution in [2.45, 2.75) is 96.7 Å². The quantitative estimate of drug-likeness (QED) is 0.725. The van der Waals surface area contributed by atoms with Gasteiger partial charge in [0, 0.05) is 37.8 Å². The Hall–Kier alpha value is -0.120. The second-order valence-electron chi connectivity index (χ2n) is 10.8. The van der Waals surface area contributed by atoms with Gasteiger partial charge in [-0.05, 0) is 68.2 Å². The summed E-state index contributed by atoms with van der Waals surface area (Å²) in [7, 11) is 0. The van der Waals surface area contributed by atoms with Gasteiger partial charge in [0.2, 0.25) is 0 Å². The Bertz CT molecular complexity index is 461. The fourth-order valence-electron chi connectivity index (χ4n) is 6.74. The molecule has 0 aromatic carbocycles. The summed E-state index contributed by atoms with van der Waals surface area (Å²) in [5.74, 6) is 4.57. The van der Waals surface area contributed by atoms with E-state index in [0.717, 1.165) is 47.7 Å². The first-order valence-corrected chi connectivity index (χ1v) is 12.3. The van der Waals surface area contributed by atoms with Crippen molar-refractivity contribution < 1.29 is 0 Å². The van der Waals surface area contributed by atoms with Crippen LogP contribution in [0.25, 0.3) is 0 Å². The van der Waals surface area contributed by atoms with Gasteiger partial charge in [0.1, 0.15) is 0 Å². The molecule has 3 heteroatoms. The van der Waals surface area contributed by atoms with Gasteiger partial charge in [0.05, 0.1) is 0 Å². The minimum atomic E-state index is 0.767. The molecule has 1 aliphatic heterocycles. The second-order valence-corrected chi connectivity index (χ2v) is 10.8. The molecule has 0 radical (unpaired) electrons. The highest BCUT2D eigenvalue weighted by atomic mass is 15.2. The summed E-state index contributed by atoms with van der Waals surface area (Å²) >= 11 is 0. The molecule has 3 nitrogen and oxygen atoms in total. The van der Waals surface area contributed by atoms with Crippen molar-refractivity contribution >= 4 is 0 Å². The summed E-state index contributed by atoms with van der Waals surface area (Å²) in [6.07, 6.45) is 12.9. The van der Waals surface area contributed by atoms with Gasteiger partial charge in [-0.1, -0.05) is 46.5 Å². The van der Waals surface area contributed by atoms with E-state index in [1.807, 2.05) is 0 Å². The number of hydrogen-bond donors (Lipinski definition) is 2. The van der Waals surface area contributed by atoms with Crippen LogP contribution in [-0.2, 0) is 0 Å². The minimum Gasteiger partial charge on any atom is -0.314 e. The summed E-state index contributed by atoms with van der Waals surface area (Å²) in [5, 5.41) is 7.78. The van der Waals surface area contributed by atoms with Gasteiger partial charge in [-0.3, -0.25) is 4.90 Å². The zero-order chi connectivity index (χ0) is 18.8. The average Bonchev–Trinajstić information content (AvgIpc) is 2.61. The van der Waals surface area contributed by atoms with E-state index in [1.54, 1.807) is 0 Å². The molecule has 4 aliphatic rings. The van der Waals surface area contributed by atoms with Gasteiger partial charge in [0.15, 0.2) is 0 Å². The molecule has 156 valence electrons. The predicted octanol–water partition coefficient (Wildman–Crippen LogP) is 4.28. The van der Waals surface area contributed by atoms with Crippen LogP contribution >= 0.6 is 0 Å². The van der Waals surface area contributed by atoms with Gasteiger partial charge in [-0.2, -0.15) is 0 Å². The fraction of sp³-hybridized carbons (Fsp3) is 1.00. The minimum absolute atomic E-state index is 0.767. The molecule has 2 N–H and O–H groups in total. The van der Waals surface area contributed by atoms with Crippen LogP contribution in [0.3, 0.4) is 0 Å². The number of piperazine rings is 1. The zero-order valence-corrected chi connectivity index (χ0v) is 18.3. The van der Waals surface area contributed by atoms with Crippen LogP contribution in [-0.4, -0.2) is 49.2 Å². The molecule has 4 rings (SSSR count). The van der Waals surface area contributed by atoms with Crippen molar-refractivity contribution in [3.63, 3.8) is 0 Å². The lowest BCUT2D eigenvalue weighted by Gasteiger charge is -2.50. The predicted molar refractivity (Wildman–Crippen MR) is 115 cm³/mol. The molecule has 3 aliphatic carbocycles. The van der Waals surface area contributed by atoms with Gasteiger partial charge < -0.3 is 10.6 Å².